The third-order valence-corrected chi connectivity index (χ3v) is 6.40. The van der Waals surface area contributed by atoms with Gasteiger partial charge in [-0.15, -0.1) is 0 Å². The van der Waals surface area contributed by atoms with Crippen LogP contribution in [0.15, 0.2) is 66.7 Å². The molecule has 35 heavy (non-hydrogen) atoms. The molecule has 2 amide bonds. The molecule has 3 aromatic rings. The van der Waals surface area contributed by atoms with Crippen LogP contribution in [0.3, 0.4) is 0 Å². The molecule has 3 aromatic carbocycles. The fraction of sp³-hybridized carbons (Fsp3) is 0.333. The van der Waals surface area contributed by atoms with Gasteiger partial charge in [-0.3, -0.25) is 9.59 Å². The Morgan fingerprint density at radius 2 is 1.49 bits per heavy atom. The molecule has 182 valence electrons. The van der Waals surface area contributed by atoms with Gasteiger partial charge in [0.15, 0.2) is 6.10 Å². The van der Waals surface area contributed by atoms with Gasteiger partial charge in [0.25, 0.3) is 11.8 Å². The van der Waals surface area contributed by atoms with Crippen LogP contribution in [0.4, 0.5) is 11.4 Å². The molecule has 5 heteroatoms. The number of benzene rings is 3. The topological polar surface area (TPSA) is 67.4 Å². The fourth-order valence-electron chi connectivity index (χ4n) is 4.28. The van der Waals surface area contributed by atoms with Gasteiger partial charge in [0, 0.05) is 16.9 Å². The van der Waals surface area contributed by atoms with Crippen molar-refractivity contribution in [1.82, 2.24) is 0 Å². The summed E-state index contributed by atoms with van der Waals surface area (Å²) in [6.07, 6.45) is 3.94. The molecule has 1 atom stereocenters. The summed E-state index contributed by atoms with van der Waals surface area (Å²) in [5.41, 5.74) is 5.68. The first-order valence-corrected chi connectivity index (χ1v) is 12.3. The summed E-state index contributed by atoms with van der Waals surface area (Å²) < 4.78 is 5.92. The van der Waals surface area contributed by atoms with E-state index in [1.165, 1.54) is 29.5 Å². The van der Waals surface area contributed by atoms with E-state index in [0.717, 1.165) is 12.8 Å². The van der Waals surface area contributed by atoms with Crippen molar-refractivity contribution >= 4 is 23.2 Å². The van der Waals surface area contributed by atoms with Crippen molar-refractivity contribution < 1.29 is 14.3 Å². The number of ether oxygens (including phenoxy) is 1. The number of fused-ring (bicyclic) bond motifs is 1. The summed E-state index contributed by atoms with van der Waals surface area (Å²) in [5.74, 6) is 0.272. The van der Waals surface area contributed by atoms with Crippen LogP contribution in [0.1, 0.15) is 67.6 Å². The number of hydrogen-bond donors (Lipinski definition) is 2. The van der Waals surface area contributed by atoms with Crippen molar-refractivity contribution in [3.05, 3.63) is 89.0 Å². The quantitative estimate of drug-likeness (QED) is 0.431. The number of amides is 2. The van der Waals surface area contributed by atoms with E-state index in [0.29, 0.717) is 22.7 Å². The van der Waals surface area contributed by atoms with Gasteiger partial charge in [-0.25, -0.2) is 0 Å². The number of rotatable bonds is 6. The van der Waals surface area contributed by atoms with Crippen LogP contribution in [0.5, 0.6) is 5.75 Å². The minimum atomic E-state index is -0.656. The SMILES string of the molecule is C[C@H](Oc1ccc2c(c1)CCCC2)C(=O)Nc1cccc(NC(=O)c2ccc(C(C)(C)C)cc2)c1. The first-order valence-electron chi connectivity index (χ1n) is 12.3. The minimum absolute atomic E-state index is 0.0301. The maximum absolute atomic E-state index is 12.7. The second-order valence-electron chi connectivity index (χ2n) is 10.2. The lowest BCUT2D eigenvalue weighted by Gasteiger charge is -2.19. The van der Waals surface area contributed by atoms with Crippen LogP contribution < -0.4 is 15.4 Å². The monoisotopic (exact) mass is 470 g/mol. The number of carbonyl (C=O) groups is 2. The summed E-state index contributed by atoms with van der Waals surface area (Å²) in [7, 11) is 0. The normalized spacial score (nSPS) is 13.9. The smallest absolute Gasteiger partial charge is 0.265 e. The first kappa shape index (κ1) is 24.5. The number of hydrogen-bond acceptors (Lipinski definition) is 3. The molecule has 0 saturated heterocycles. The molecular formula is C30H34N2O3. The molecule has 0 aromatic heterocycles. The summed E-state index contributed by atoms with van der Waals surface area (Å²) in [6, 6.07) is 20.9. The summed E-state index contributed by atoms with van der Waals surface area (Å²) >= 11 is 0. The van der Waals surface area contributed by atoms with Crippen LogP contribution in [-0.2, 0) is 23.1 Å². The average molecular weight is 471 g/mol. The van der Waals surface area contributed by atoms with Crippen molar-refractivity contribution in [2.45, 2.75) is 64.9 Å². The zero-order chi connectivity index (χ0) is 25.0. The molecule has 0 bridgehead atoms. The number of aryl methyl sites for hydroxylation is 2. The third-order valence-electron chi connectivity index (χ3n) is 6.40. The van der Waals surface area contributed by atoms with E-state index in [2.05, 4.69) is 43.5 Å². The lowest BCUT2D eigenvalue weighted by Crippen LogP contribution is -2.30. The summed E-state index contributed by atoms with van der Waals surface area (Å²) in [6.45, 7) is 8.16. The first-order chi connectivity index (χ1) is 16.7. The summed E-state index contributed by atoms with van der Waals surface area (Å²) in [5, 5.41) is 5.79. The zero-order valence-electron chi connectivity index (χ0n) is 21.0. The van der Waals surface area contributed by atoms with Gasteiger partial charge >= 0.3 is 0 Å². The van der Waals surface area contributed by atoms with Crippen LogP contribution in [0, 0.1) is 0 Å². The van der Waals surface area contributed by atoms with E-state index in [-0.39, 0.29) is 17.2 Å². The van der Waals surface area contributed by atoms with E-state index in [1.807, 2.05) is 30.3 Å². The largest absolute Gasteiger partial charge is 0.481 e. The standard InChI is InChI=1S/C30H34N2O3/c1-20(35-27-17-14-21-8-5-6-9-23(21)18-27)28(33)31-25-10-7-11-26(19-25)32-29(34)22-12-15-24(16-13-22)30(2,3)4/h7,10-20H,5-6,8-9H2,1-4H3,(H,31,33)(H,32,34)/t20-/m0/s1. The molecule has 1 aliphatic carbocycles. The molecule has 4 rings (SSSR count). The Kier molecular flexibility index (Phi) is 7.25. The molecule has 2 N–H and O–H groups in total. The maximum Gasteiger partial charge on any atom is 0.265 e. The Labute approximate surface area is 207 Å². The lowest BCUT2D eigenvalue weighted by molar-refractivity contribution is -0.122. The third kappa shape index (κ3) is 6.30. The van der Waals surface area contributed by atoms with E-state index in [1.54, 1.807) is 31.2 Å². The Morgan fingerprint density at radius 3 is 2.17 bits per heavy atom. The van der Waals surface area contributed by atoms with Crippen molar-refractivity contribution in [2.75, 3.05) is 10.6 Å². The molecule has 0 radical (unpaired) electrons. The molecule has 0 heterocycles. The Balaban J connectivity index is 1.36. The van der Waals surface area contributed by atoms with E-state index >= 15 is 0 Å². The molecule has 1 aliphatic rings. The van der Waals surface area contributed by atoms with Gasteiger partial charge < -0.3 is 15.4 Å². The van der Waals surface area contributed by atoms with Gasteiger partial charge in [-0.05, 0) is 97.2 Å². The van der Waals surface area contributed by atoms with Crippen LogP contribution in [-0.4, -0.2) is 17.9 Å². The number of carbonyl (C=O) groups excluding carboxylic acids is 2. The molecule has 0 unspecified atom stereocenters. The Hall–Kier alpha value is -3.60. The predicted octanol–water partition coefficient (Wildman–Crippen LogP) is 6.52. The van der Waals surface area contributed by atoms with E-state index in [9.17, 15) is 9.59 Å². The molecule has 0 aliphatic heterocycles. The molecule has 5 nitrogen and oxygen atoms in total. The summed E-state index contributed by atoms with van der Waals surface area (Å²) in [4.78, 5) is 25.5. The van der Waals surface area contributed by atoms with Crippen LogP contribution in [0.2, 0.25) is 0 Å². The Morgan fingerprint density at radius 1 is 0.829 bits per heavy atom. The highest BCUT2D eigenvalue weighted by atomic mass is 16.5. The second kappa shape index (κ2) is 10.3. The number of anilines is 2. The van der Waals surface area contributed by atoms with Crippen molar-refractivity contribution in [1.29, 1.82) is 0 Å². The van der Waals surface area contributed by atoms with Gasteiger partial charge in [-0.1, -0.05) is 45.0 Å². The van der Waals surface area contributed by atoms with E-state index < -0.39 is 6.10 Å². The maximum atomic E-state index is 12.7. The van der Waals surface area contributed by atoms with Gasteiger partial charge in [0.1, 0.15) is 5.75 Å². The average Bonchev–Trinajstić information content (AvgIpc) is 2.83. The van der Waals surface area contributed by atoms with Crippen molar-refractivity contribution in [3.63, 3.8) is 0 Å². The predicted molar refractivity (Wildman–Crippen MR) is 141 cm³/mol. The molecular weight excluding hydrogens is 436 g/mol. The Bertz CT molecular complexity index is 1210. The zero-order valence-corrected chi connectivity index (χ0v) is 21.0. The molecule has 0 saturated carbocycles. The van der Waals surface area contributed by atoms with Gasteiger partial charge in [0.2, 0.25) is 0 Å². The molecule has 0 spiro atoms. The number of nitrogens with one attached hydrogen (secondary N) is 2. The fourth-order valence-corrected chi connectivity index (χ4v) is 4.28. The van der Waals surface area contributed by atoms with Gasteiger partial charge in [-0.2, -0.15) is 0 Å². The van der Waals surface area contributed by atoms with Crippen LogP contribution >= 0.6 is 0 Å². The second-order valence-corrected chi connectivity index (χ2v) is 10.2. The lowest BCUT2D eigenvalue weighted by atomic mass is 9.87. The van der Waals surface area contributed by atoms with Gasteiger partial charge in [0.05, 0.1) is 0 Å². The van der Waals surface area contributed by atoms with E-state index in [4.69, 9.17) is 4.74 Å². The molecule has 0 fully saturated rings. The highest BCUT2D eigenvalue weighted by Crippen LogP contribution is 2.26. The van der Waals surface area contributed by atoms with Crippen molar-refractivity contribution in [2.24, 2.45) is 0 Å². The minimum Gasteiger partial charge on any atom is -0.481 e. The van der Waals surface area contributed by atoms with Crippen molar-refractivity contribution in [3.8, 4) is 5.75 Å². The highest BCUT2D eigenvalue weighted by Gasteiger charge is 2.18. The highest BCUT2D eigenvalue weighted by molar-refractivity contribution is 6.04. The van der Waals surface area contributed by atoms with Crippen LogP contribution in [0.25, 0.3) is 0 Å².